The summed E-state index contributed by atoms with van der Waals surface area (Å²) in [4.78, 5) is 13.8. The standard InChI is InChI=1S/C22H25NO2/c1-16-15-25-22(24)23(16)14-21(17(2)19-10-6-4-7-11-19)18(3)20-12-8-5-9-13-20/h4-14,16-18H,15H2,1-3H3/t16?,17-,18-/m1/s1. The van der Waals surface area contributed by atoms with Crippen molar-refractivity contribution in [3.63, 3.8) is 0 Å². The fourth-order valence-corrected chi connectivity index (χ4v) is 3.33. The van der Waals surface area contributed by atoms with Crippen LogP contribution in [-0.2, 0) is 4.74 Å². The van der Waals surface area contributed by atoms with Crippen LogP contribution in [0, 0.1) is 0 Å². The summed E-state index contributed by atoms with van der Waals surface area (Å²) >= 11 is 0. The van der Waals surface area contributed by atoms with E-state index >= 15 is 0 Å². The molecule has 0 aromatic heterocycles. The molecular formula is C22H25NO2. The summed E-state index contributed by atoms with van der Waals surface area (Å²) in [7, 11) is 0. The molecule has 3 nitrogen and oxygen atoms in total. The zero-order valence-electron chi connectivity index (χ0n) is 15.1. The van der Waals surface area contributed by atoms with Gasteiger partial charge < -0.3 is 4.74 Å². The van der Waals surface area contributed by atoms with Gasteiger partial charge in [-0.15, -0.1) is 0 Å². The first kappa shape index (κ1) is 17.3. The lowest BCUT2D eigenvalue weighted by Crippen LogP contribution is -2.27. The van der Waals surface area contributed by atoms with E-state index in [-0.39, 0.29) is 24.0 Å². The second-order valence-corrected chi connectivity index (χ2v) is 6.73. The zero-order valence-corrected chi connectivity index (χ0v) is 15.1. The van der Waals surface area contributed by atoms with Crippen molar-refractivity contribution in [2.45, 2.75) is 38.6 Å². The number of nitrogens with zero attached hydrogens (tertiary/aromatic N) is 1. The minimum absolute atomic E-state index is 0.0634. The summed E-state index contributed by atoms with van der Waals surface area (Å²) in [5.41, 5.74) is 3.71. The lowest BCUT2D eigenvalue weighted by atomic mass is 9.82. The van der Waals surface area contributed by atoms with Crippen LogP contribution in [0.25, 0.3) is 0 Å². The third-order valence-corrected chi connectivity index (χ3v) is 5.02. The number of ether oxygens (including phenoxy) is 1. The second kappa shape index (κ2) is 7.56. The van der Waals surface area contributed by atoms with Crippen LogP contribution < -0.4 is 0 Å². The Hall–Kier alpha value is -2.55. The highest BCUT2D eigenvalue weighted by Gasteiger charge is 2.30. The van der Waals surface area contributed by atoms with E-state index in [0.29, 0.717) is 6.61 Å². The number of amides is 1. The zero-order chi connectivity index (χ0) is 17.8. The maximum absolute atomic E-state index is 12.1. The van der Waals surface area contributed by atoms with Gasteiger partial charge in [-0.25, -0.2) is 4.79 Å². The molecule has 1 amide bonds. The number of rotatable bonds is 5. The van der Waals surface area contributed by atoms with Gasteiger partial charge in [0.15, 0.2) is 0 Å². The maximum atomic E-state index is 12.1. The van der Waals surface area contributed by atoms with Crippen molar-refractivity contribution in [2.75, 3.05) is 6.61 Å². The molecule has 130 valence electrons. The molecule has 0 radical (unpaired) electrons. The molecule has 3 heteroatoms. The molecule has 2 aromatic carbocycles. The summed E-state index contributed by atoms with van der Waals surface area (Å²) < 4.78 is 5.19. The minimum Gasteiger partial charge on any atom is -0.447 e. The highest BCUT2D eigenvalue weighted by atomic mass is 16.6. The highest BCUT2D eigenvalue weighted by Crippen LogP contribution is 2.36. The van der Waals surface area contributed by atoms with E-state index in [1.807, 2.05) is 25.3 Å². The molecule has 0 saturated carbocycles. The molecule has 0 aliphatic carbocycles. The van der Waals surface area contributed by atoms with Crippen LogP contribution in [0.3, 0.4) is 0 Å². The van der Waals surface area contributed by atoms with Crippen LogP contribution in [0.4, 0.5) is 4.79 Å². The van der Waals surface area contributed by atoms with Gasteiger partial charge in [0.25, 0.3) is 0 Å². The van der Waals surface area contributed by atoms with Crippen molar-refractivity contribution < 1.29 is 9.53 Å². The van der Waals surface area contributed by atoms with E-state index < -0.39 is 0 Å². The number of cyclic esters (lactones) is 1. The van der Waals surface area contributed by atoms with Crippen molar-refractivity contribution >= 4 is 6.09 Å². The first-order chi connectivity index (χ1) is 12.1. The normalized spacial score (nSPS) is 19.2. The van der Waals surface area contributed by atoms with Crippen LogP contribution in [0.5, 0.6) is 0 Å². The van der Waals surface area contributed by atoms with E-state index in [2.05, 4.69) is 62.4 Å². The monoisotopic (exact) mass is 335 g/mol. The molecule has 2 aromatic rings. The summed E-state index contributed by atoms with van der Waals surface area (Å²) in [5.74, 6) is 0.411. The van der Waals surface area contributed by atoms with Crippen molar-refractivity contribution in [3.05, 3.63) is 83.6 Å². The first-order valence-corrected chi connectivity index (χ1v) is 8.84. The fraction of sp³-hybridized carbons (Fsp3) is 0.318. The molecule has 1 saturated heterocycles. The Kier molecular flexibility index (Phi) is 5.22. The number of allylic oxidation sites excluding steroid dienone is 1. The van der Waals surface area contributed by atoms with Gasteiger partial charge >= 0.3 is 6.09 Å². The molecule has 1 heterocycles. The Morgan fingerprint density at radius 2 is 1.48 bits per heavy atom. The molecule has 1 aliphatic rings. The van der Waals surface area contributed by atoms with Gasteiger partial charge in [-0.2, -0.15) is 0 Å². The fourth-order valence-electron chi connectivity index (χ4n) is 3.33. The average Bonchev–Trinajstić information content (AvgIpc) is 2.98. The Bertz CT molecular complexity index is 692. The molecule has 1 unspecified atom stereocenters. The molecule has 3 rings (SSSR count). The van der Waals surface area contributed by atoms with Gasteiger partial charge in [0.1, 0.15) is 6.61 Å². The van der Waals surface area contributed by atoms with E-state index in [4.69, 9.17) is 4.74 Å². The van der Waals surface area contributed by atoms with Crippen LogP contribution in [0.1, 0.15) is 43.7 Å². The third kappa shape index (κ3) is 3.76. The van der Waals surface area contributed by atoms with Gasteiger partial charge in [0.05, 0.1) is 6.04 Å². The van der Waals surface area contributed by atoms with Crippen molar-refractivity contribution in [1.29, 1.82) is 0 Å². The Morgan fingerprint density at radius 1 is 1.00 bits per heavy atom. The summed E-state index contributed by atoms with van der Waals surface area (Å²) in [5, 5.41) is 0. The molecule has 0 N–H and O–H groups in total. The molecule has 1 aliphatic heterocycles. The molecule has 1 fully saturated rings. The highest BCUT2D eigenvalue weighted by molar-refractivity contribution is 5.71. The van der Waals surface area contributed by atoms with Crippen molar-refractivity contribution in [3.8, 4) is 0 Å². The van der Waals surface area contributed by atoms with E-state index in [1.54, 1.807) is 4.90 Å². The summed E-state index contributed by atoms with van der Waals surface area (Å²) in [6, 6.07) is 20.9. The third-order valence-electron chi connectivity index (χ3n) is 5.02. The second-order valence-electron chi connectivity index (χ2n) is 6.73. The van der Waals surface area contributed by atoms with Crippen LogP contribution in [-0.4, -0.2) is 23.6 Å². The quantitative estimate of drug-likeness (QED) is 0.740. The van der Waals surface area contributed by atoms with Gasteiger partial charge in [-0.05, 0) is 23.6 Å². The lowest BCUT2D eigenvalue weighted by molar-refractivity contribution is 0.166. The summed E-state index contributed by atoms with van der Waals surface area (Å²) in [6.45, 7) is 6.86. The first-order valence-electron chi connectivity index (χ1n) is 8.84. The number of carbonyl (C=O) groups is 1. The van der Waals surface area contributed by atoms with E-state index in [1.165, 1.54) is 16.7 Å². The topological polar surface area (TPSA) is 29.5 Å². The van der Waals surface area contributed by atoms with Gasteiger partial charge in [0.2, 0.25) is 0 Å². The average molecular weight is 335 g/mol. The number of carbonyl (C=O) groups excluding carboxylic acids is 1. The number of hydrogen-bond acceptors (Lipinski definition) is 2. The number of benzene rings is 2. The van der Waals surface area contributed by atoms with E-state index in [0.717, 1.165) is 0 Å². The van der Waals surface area contributed by atoms with Gasteiger partial charge in [-0.1, -0.05) is 74.5 Å². The van der Waals surface area contributed by atoms with Crippen LogP contribution in [0.2, 0.25) is 0 Å². The Morgan fingerprint density at radius 3 is 1.88 bits per heavy atom. The lowest BCUT2D eigenvalue weighted by Gasteiger charge is -2.26. The molecule has 0 bridgehead atoms. The molecule has 25 heavy (non-hydrogen) atoms. The van der Waals surface area contributed by atoms with E-state index in [9.17, 15) is 4.79 Å². The van der Waals surface area contributed by atoms with Crippen LogP contribution >= 0.6 is 0 Å². The number of hydrogen-bond donors (Lipinski definition) is 0. The largest absolute Gasteiger partial charge is 0.447 e. The maximum Gasteiger partial charge on any atom is 0.414 e. The Labute approximate surface area is 149 Å². The van der Waals surface area contributed by atoms with Gasteiger partial charge in [-0.3, -0.25) is 4.90 Å². The van der Waals surface area contributed by atoms with Crippen LogP contribution in [0.15, 0.2) is 72.4 Å². The Balaban J connectivity index is 2.00. The SMILES string of the molecule is CC1COC(=O)N1C=C([C@H](C)c1ccccc1)[C@H](C)c1ccccc1. The van der Waals surface area contributed by atoms with Crippen molar-refractivity contribution in [1.82, 2.24) is 4.90 Å². The smallest absolute Gasteiger partial charge is 0.414 e. The molecular weight excluding hydrogens is 310 g/mol. The minimum atomic E-state index is -0.259. The predicted molar refractivity (Wildman–Crippen MR) is 100 cm³/mol. The van der Waals surface area contributed by atoms with Gasteiger partial charge in [0, 0.05) is 18.0 Å². The predicted octanol–water partition coefficient (Wildman–Crippen LogP) is 5.32. The molecule has 3 atom stereocenters. The summed E-state index contributed by atoms with van der Waals surface area (Å²) in [6.07, 6.45) is 1.75. The van der Waals surface area contributed by atoms with Crippen molar-refractivity contribution in [2.24, 2.45) is 0 Å². The molecule has 0 spiro atoms.